The lowest BCUT2D eigenvalue weighted by Crippen LogP contribution is -2.25. The molecule has 24 heavy (non-hydrogen) atoms. The lowest BCUT2D eigenvalue weighted by Gasteiger charge is -2.03. The molecule has 130 valence electrons. The van der Waals surface area contributed by atoms with Crippen LogP contribution < -0.4 is 11.1 Å². The minimum atomic E-state index is 0.0557. The molecule has 0 atom stereocenters. The predicted molar refractivity (Wildman–Crippen MR) is 93.6 cm³/mol. The van der Waals surface area contributed by atoms with Gasteiger partial charge in [0.25, 0.3) is 0 Å². The molecule has 7 heteroatoms. The van der Waals surface area contributed by atoms with Crippen molar-refractivity contribution in [2.45, 2.75) is 38.5 Å². The molecular formula is C17H23ClN4O2. The first kappa shape index (κ1) is 18.4. The van der Waals surface area contributed by atoms with Crippen molar-refractivity contribution >= 4 is 17.5 Å². The number of aromatic nitrogens is 2. The molecule has 0 bridgehead atoms. The van der Waals surface area contributed by atoms with Crippen LogP contribution in [0.3, 0.4) is 0 Å². The number of unbranched alkanes of at least 4 members (excludes halogenated alkanes) is 3. The van der Waals surface area contributed by atoms with Crippen LogP contribution in [0, 0.1) is 0 Å². The first-order chi connectivity index (χ1) is 11.7. The topological polar surface area (TPSA) is 94.0 Å². The van der Waals surface area contributed by atoms with Crippen molar-refractivity contribution < 1.29 is 9.32 Å². The fourth-order valence-electron chi connectivity index (χ4n) is 2.25. The Labute approximate surface area is 146 Å². The second-order valence-electron chi connectivity index (χ2n) is 5.57. The fraction of sp³-hybridized carbons (Fsp3) is 0.471. The highest BCUT2D eigenvalue weighted by Gasteiger charge is 2.09. The Kier molecular flexibility index (Phi) is 7.71. The summed E-state index contributed by atoms with van der Waals surface area (Å²) in [6, 6.07) is 7.23. The highest BCUT2D eigenvalue weighted by molar-refractivity contribution is 6.30. The zero-order valence-corrected chi connectivity index (χ0v) is 14.4. The maximum absolute atomic E-state index is 11.7. The summed E-state index contributed by atoms with van der Waals surface area (Å²) in [5.74, 6) is 1.08. The molecule has 1 amide bonds. The fourth-order valence-corrected chi connectivity index (χ4v) is 2.38. The number of carbonyl (C=O) groups is 1. The van der Waals surface area contributed by atoms with Gasteiger partial charge in [0.05, 0.1) is 0 Å². The van der Waals surface area contributed by atoms with Crippen LogP contribution in [0.4, 0.5) is 0 Å². The van der Waals surface area contributed by atoms with E-state index in [1.54, 1.807) is 12.1 Å². The highest BCUT2D eigenvalue weighted by Crippen LogP contribution is 2.18. The third-order valence-corrected chi connectivity index (χ3v) is 3.84. The summed E-state index contributed by atoms with van der Waals surface area (Å²) in [5, 5.41) is 7.47. The van der Waals surface area contributed by atoms with E-state index in [0.29, 0.717) is 42.7 Å². The Hall–Kier alpha value is -1.92. The number of hydrogen-bond donors (Lipinski definition) is 2. The van der Waals surface area contributed by atoms with Crippen LogP contribution in [0.2, 0.25) is 5.02 Å². The Morgan fingerprint density at radius 1 is 1.17 bits per heavy atom. The van der Waals surface area contributed by atoms with E-state index in [9.17, 15) is 4.79 Å². The molecule has 0 aliphatic heterocycles. The van der Waals surface area contributed by atoms with Gasteiger partial charge in [-0.25, -0.2) is 0 Å². The zero-order chi connectivity index (χ0) is 17.2. The van der Waals surface area contributed by atoms with Crippen molar-refractivity contribution in [1.82, 2.24) is 15.5 Å². The van der Waals surface area contributed by atoms with E-state index in [4.69, 9.17) is 21.9 Å². The predicted octanol–water partition coefficient (Wildman–Crippen LogP) is 2.96. The Balaban J connectivity index is 1.68. The normalized spacial score (nSPS) is 10.8. The van der Waals surface area contributed by atoms with Gasteiger partial charge in [-0.15, -0.1) is 0 Å². The summed E-state index contributed by atoms with van der Waals surface area (Å²) in [5.41, 5.74) is 6.28. The number of hydrogen-bond acceptors (Lipinski definition) is 5. The number of nitrogens with one attached hydrogen (secondary N) is 1. The lowest BCUT2D eigenvalue weighted by atomic mass is 10.1. The standard InChI is InChI=1S/C17H23ClN4O2/c18-14-8-6-13(7-9-14)17-21-16(24-22-17)10-12-20-15(23)5-3-1-2-4-11-19/h6-9H,1-5,10-12,19H2,(H,20,23). The van der Waals surface area contributed by atoms with E-state index in [-0.39, 0.29) is 5.91 Å². The molecule has 0 saturated carbocycles. The van der Waals surface area contributed by atoms with Crippen molar-refractivity contribution in [1.29, 1.82) is 0 Å². The number of nitrogens with two attached hydrogens (primary N) is 1. The Bertz CT molecular complexity index is 628. The molecular weight excluding hydrogens is 328 g/mol. The molecule has 0 aliphatic rings. The average molecular weight is 351 g/mol. The zero-order valence-electron chi connectivity index (χ0n) is 13.6. The molecule has 1 aromatic heterocycles. The molecule has 0 fully saturated rings. The summed E-state index contributed by atoms with van der Waals surface area (Å²) in [6.07, 6.45) is 5.10. The molecule has 0 unspecified atom stereocenters. The van der Waals surface area contributed by atoms with E-state index in [2.05, 4.69) is 15.5 Å². The Morgan fingerprint density at radius 2 is 1.92 bits per heavy atom. The number of benzene rings is 1. The molecule has 0 aliphatic carbocycles. The highest BCUT2D eigenvalue weighted by atomic mass is 35.5. The van der Waals surface area contributed by atoms with Gasteiger partial charge < -0.3 is 15.6 Å². The molecule has 1 heterocycles. The molecule has 2 aromatic rings. The van der Waals surface area contributed by atoms with Crippen molar-refractivity contribution in [3.8, 4) is 11.4 Å². The van der Waals surface area contributed by atoms with Crippen LogP contribution >= 0.6 is 11.6 Å². The van der Waals surface area contributed by atoms with Gasteiger partial charge in [-0.1, -0.05) is 29.6 Å². The minimum Gasteiger partial charge on any atom is -0.356 e. The van der Waals surface area contributed by atoms with Gasteiger partial charge in [0, 0.05) is 30.0 Å². The second-order valence-corrected chi connectivity index (χ2v) is 6.01. The van der Waals surface area contributed by atoms with Crippen LogP contribution in [0.5, 0.6) is 0 Å². The van der Waals surface area contributed by atoms with Crippen LogP contribution in [0.1, 0.15) is 38.0 Å². The van der Waals surface area contributed by atoms with E-state index in [1.165, 1.54) is 0 Å². The van der Waals surface area contributed by atoms with E-state index in [1.807, 2.05) is 12.1 Å². The average Bonchev–Trinajstić information content (AvgIpc) is 3.04. The minimum absolute atomic E-state index is 0.0557. The molecule has 2 rings (SSSR count). The third-order valence-electron chi connectivity index (χ3n) is 3.59. The van der Waals surface area contributed by atoms with Gasteiger partial charge >= 0.3 is 0 Å². The molecule has 1 aromatic carbocycles. The van der Waals surface area contributed by atoms with Crippen molar-refractivity contribution in [2.24, 2.45) is 5.73 Å². The van der Waals surface area contributed by atoms with E-state index < -0.39 is 0 Å². The summed E-state index contributed by atoms with van der Waals surface area (Å²) in [4.78, 5) is 16.0. The Morgan fingerprint density at radius 3 is 2.67 bits per heavy atom. The van der Waals surface area contributed by atoms with Gasteiger partial charge in [-0.05, 0) is 43.7 Å². The van der Waals surface area contributed by atoms with E-state index in [0.717, 1.165) is 31.2 Å². The summed E-state index contributed by atoms with van der Waals surface area (Å²) >= 11 is 5.85. The van der Waals surface area contributed by atoms with Crippen molar-refractivity contribution in [2.75, 3.05) is 13.1 Å². The van der Waals surface area contributed by atoms with Crippen LogP contribution in [0.15, 0.2) is 28.8 Å². The maximum Gasteiger partial charge on any atom is 0.228 e. The molecule has 0 saturated heterocycles. The molecule has 6 nitrogen and oxygen atoms in total. The molecule has 0 spiro atoms. The molecule has 3 N–H and O–H groups in total. The quantitative estimate of drug-likeness (QED) is 0.642. The number of rotatable bonds is 10. The van der Waals surface area contributed by atoms with Gasteiger partial charge in [0.2, 0.25) is 17.6 Å². The first-order valence-corrected chi connectivity index (χ1v) is 8.62. The van der Waals surface area contributed by atoms with Gasteiger partial charge in [-0.3, -0.25) is 4.79 Å². The van der Waals surface area contributed by atoms with Crippen LogP contribution in [-0.2, 0) is 11.2 Å². The maximum atomic E-state index is 11.7. The lowest BCUT2D eigenvalue weighted by molar-refractivity contribution is -0.121. The van der Waals surface area contributed by atoms with Gasteiger partial charge in [0.1, 0.15) is 0 Å². The summed E-state index contributed by atoms with van der Waals surface area (Å²) in [6.45, 7) is 1.21. The van der Waals surface area contributed by atoms with Crippen LogP contribution in [-0.4, -0.2) is 29.1 Å². The number of halogens is 1. The number of nitrogens with zero attached hydrogens (tertiary/aromatic N) is 2. The number of amides is 1. The summed E-state index contributed by atoms with van der Waals surface area (Å²) < 4.78 is 5.20. The first-order valence-electron chi connectivity index (χ1n) is 8.24. The molecule has 0 radical (unpaired) electrons. The van der Waals surface area contributed by atoms with Crippen molar-refractivity contribution in [3.05, 3.63) is 35.2 Å². The number of carbonyl (C=O) groups excluding carboxylic acids is 1. The monoisotopic (exact) mass is 350 g/mol. The van der Waals surface area contributed by atoms with Crippen molar-refractivity contribution in [3.63, 3.8) is 0 Å². The third kappa shape index (κ3) is 6.29. The smallest absolute Gasteiger partial charge is 0.228 e. The second kappa shape index (κ2) is 10.1. The summed E-state index contributed by atoms with van der Waals surface area (Å²) in [7, 11) is 0. The SMILES string of the molecule is NCCCCCCC(=O)NCCc1nc(-c2ccc(Cl)cc2)no1. The van der Waals surface area contributed by atoms with Gasteiger partial charge in [0.15, 0.2) is 0 Å². The van der Waals surface area contributed by atoms with Gasteiger partial charge in [-0.2, -0.15) is 4.98 Å². The van der Waals surface area contributed by atoms with Crippen LogP contribution in [0.25, 0.3) is 11.4 Å². The largest absolute Gasteiger partial charge is 0.356 e. The van der Waals surface area contributed by atoms with E-state index >= 15 is 0 Å².